The highest BCUT2D eigenvalue weighted by Gasteiger charge is 2.63. The Balaban J connectivity index is 1.51. The van der Waals surface area contributed by atoms with Crippen LogP contribution in [0.5, 0.6) is 0 Å². The average molecular weight is 894 g/mol. The number of allylic oxidation sites excluding steroid dienone is 5. The van der Waals surface area contributed by atoms with Gasteiger partial charge in [-0.05, 0) is 40.5 Å². The molecule has 0 saturated carbocycles. The van der Waals surface area contributed by atoms with Gasteiger partial charge < -0.3 is 15.3 Å². The molecule has 6 aromatic rings. The summed E-state index contributed by atoms with van der Waals surface area (Å²) in [6.07, 6.45) is 5.28. The van der Waals surface area contributed by atoms with Crippen molar-refractivity contribution < 1.29 is 0 Å². The zero-order chi connectivity index (χ0) is 39.0. The van der Waals surface area contributed by atoms with Gasteiger partial charge in [0.1, 0.15) is 14.6 Å². The lowest BCUT2D eigenvalue weighted by molar-refractivity contribution is 0.601. The summed E-state index contributed by atoms with van der Waals surface area (Å²) in [6, 6.07) is 38.7. The largest absolute Gasteiger partial charge is 0.358 e. The monoisotopic (exact) mass is 890 g/mol. The lowest BCUT2D eigenvalue weighted by atomic mass is 9.76. The Morgan fingerprint density at radius 3 is 1.54 bits per heavy atom. The Morgan fingerprint density at radius 2 is 0.964 bits per heavy atom. The summed E-state index contributed by atoms with van der Waals surface area (Å²) in [5.74, 6) is 0. The smallest absolute Gasteiger partial charge is 0.149 e. The third-order valence-corrected chi connectivity index (χ3v) is 14.7. The second-order valence-corrected chi connectivity index (χ2v) is 17.1. The van der Waals surface area contributed by atoms with E-state index in [-0.39, 0.29) is 25.1 Å². The Morgan fingerprint density at radius 1 is 0.482 bits per heavy atom. The highest BCUT2D eigenvalue weighted by Crippen LogP contribution is 2.64. The molecule has 2 aromatic heterocycles. The number of fused-ring (bicyclic) bond motifs is 7. The van der Waals surface area contributed by atoms with Crippen LogP contribution in [0.15, 0.2) is 148 Å². The predicted octanol–water partition coefficient (Wildman–Crippen LogP) is 12.2. The first-order chi connectivity index (χ1) is 27.0. The first-order valence-electron chi connectivity index (χ1n) is 17.3. The Hall–Kier alpha value is -3.81. The second kappa shape index (κ2) is 14.2. The van der Waals surface area contributed by atoms with Crippen LogP contribution >= 0.6 is 92.8 Å². The predicted molar refractivity (Wildman–Crippen MR) is 236 cm³/mol. The number of alkyl halides is 3. The summed E-state index contributed by atoms with van der Waals surface area (Å²) in [6.45, 7) is 0. The summed E-state index contributed by atoms with van der Waals surface area (Å²) in [5, 5.41) is 5.93. The molecule has 278 valence electrons. The second-order valence-electron chi connectivity index (χ2n) is 13.5. The summed E-state index contributed by atoms with van der Waals surface area (Å²) in [7, 11) is 0. The first kappa shape index (κ1) is 37.7. The topological polar surface area (TPSA) is 56.0 Å². The van der Waals surface area contributed by atoms with Crippen molar-refractivity contribution in [3.8, 4) is 0 Å². The van der Waals surface area contributed by atoms with E-state index in [4.69, 9.17) is 97.8 Å². The van der Waals surface area contributed by atoms with Crippen LogP contribution < -0.4 is 16.0 Å². The van der Waals surface area contributed by atoms with Gasteiger partial charge in [-0.1, -0.05) is 179 Å². The van der Waals surface area contributed by atoms with Crippen molar-refractivity contribution in [2.45, 2.75) is 14.6 Å². The molecule has 5 heterocycles. The molecule has 3 N–H and O–H groups in total. The number of rotatable bonds is 4. The third-order valence-electron chi connectivity index (χ3n) is 10.3. The highest BCUT2D eigenvalue weighted by atomic mass is 35.5. The van der Waals surface area contributed by atoms with Crippen LogP contribution in [0.1, 0.15) is 33.6 Å². The average Bonchev–Trinajstić information content (AvgIpc) is 3.83. The summed E-state index contributed by atoms with van der Waals surface area (Å²) in [5.41, 5.74) is 6.11. The number of hydrogen-bond acceptors (Lipinski definition) is 2. The molecule has 0 spiro atoms. The molecule has 56 heavy (non-hydrogen) atoms. The molecule has 3 unspecified atom stereocenters. The number of nitrogens with one attached hydrogen (secondary N) is 3. The molecule has 4 nitrogen and oxygen atoms in total. The molecular formula is C44H26Cl8N4. The van der Waals surface area contributed by atoms with Crippen molar-refractivity contribution >= 4 is 122 Å². The maximum atomic E-state index is 8.38. The third kappa shape index (κ3) is 5.61. The van der Waals surface area contributed by atoms with E-state index in [0.29, 0.717) is 67.2 Å². The normalized spacial score (nSPS) is 26.4. The fraction of sp³-hybridized carbons (Fsp3) is 0.0682. The van der Waals surface area contributed by atoms with Crippen molar-refractivity contribution in [1.82, 2.24) is 15.3 Å². The summed E-state index contributed by atoms with van der Waals surface area (Å²) >= 11 is 59.8. The minimum atomic E-state index is -1.55. The maximum absolute atomic E-state index is 8.38. The van der Waals surface area contributed by atoms with Gasteiger partial charge in [-0.25, -0.2) is 4.99 Å². The van der Waals surface area contributed by atoms with Crippen LogP contribution in [0, 0.1) is 0 Å². The zero-order valence-electron chi connectivity index (χ0n) is 28.7. The number of halogens is 8. The maximum Gasteiger partial charge on any atom is 0.149 e. The molecule has 1 saturated heterocycles. The molecule has 0 radical (unpaired) electrons. The van der Waals surface area contributed by atoms with Gasteiger partial charge >= 0.3 is 0 Å². The fourth-order valence-corrected chi connectivity index (χ4v) is 10.0. The van der Waals surface area contributed by atoms with Gasteiger partial charge in [-0.2, -0.15) is 0 Å². The van der Waals surface area contributed by atoms with Crippen LogP contribution in [0.25, 0.3) is 23.8 Å². The quantitative estimate of drug-likeness (QED) is 0.152. The van der Waals surface area contributed by atoms with Crippen molar-refractivity contribution in [3.63, 3.8) is 0 Å². The van der Waals surface area contributed by atoms with E-state index in [9.17, 15) is 0 Å². The lowest BCUT2D eigenvalue weighted by Gasteiger charge is -2.38. The minimum absolute atomic E-state index is 0.239. The first-order valence-corrected chi connectivity index (χ1v) is 20.4. The number of H-pyrrole nitrogens is 2. The van der Waals surface area contributed by atoms with E-state index in [1.54, 1.807) is 12.2 Å². The summed E-state index contributed by atoms with van der Waals surface area (Å²) in [4.78, 5) is 7.39. The van der Waals surface area contributed by atoms with Gasteiger partial charge in [0, 0.05) is 11.3 Å². The van der Waals surface area contributed by atoms with Crippen LogP contribution in [0.3, 0.4) is 0 Å². The molecular weight excluding hydrogens is 868 g/mol. The van der Waals surface area contributed by atoms with E-state index in [0.717, 1.165) is 5.56 Å². The van der Waals surface area contributed by atoms with Crippen molar-refractivity contribution in [2.75, 3.05) is 0 Å². The summed E-state index contributed by atoms with van der Waals surface area (Å²) < 4.78 is 0. The van der Waals surface area contributed by atoms with E-state index in [1.807, 2.05) is 127 Å². The molecule has 9 rings (SSSR count). The number of aromatic amines is 2. The van der Waals surface area contributed by atoms with Gasteiger partial charge in [-0.3, -0.25) is 0 Å². The number of benzene rings is 4. The van der Waals surface area contributed by atoms with Crippen molar-refractivity contribution in [2.24, 2.45) is 4.99 Å². The molecule has 3 atom stereocenters. The molecule has 3 aliphatic heterocycles. The minimum Gasteiger partial charge on any atom is -0.358 e. The fourth-order valence-electron chi connectivity index (χ4n) is 7.66. The number of nitrogens with zero attached hydrogens (tertiary/aromatic N) is 1. The van der Waals surface area contributed by atoms with Gasteiger partial charge in [0.25, 0.3) is 0 Å². The number of aromatic nitrogens is 2. The van der Waals surface area contributed by atoms with E-state index in [2.05, 4.69) is 15.3 Å². The Bertz CT molecular complexity index is 2810. The molecule has 0 amide bonds. The molecule has 8 bridgehead atoms. The Kier molecular flexibility index (Phi) is 9.59. The van der Waals surface area contributed by atoms with Gasteiger partial charge in [0.15, 0.2) is 0 Å². The molecule has 3 aliphatic rings. The molecule has 12 heteroatoms. The standard InChI is InChI=1S/C44H26Cl8N4/c45-35-28-21-29-36(46)38(48)31(54-29)23-33-43(51,26-17-9-3-10-18-26)44(52,27-19-11-4-12-20-27)41(56-33)34(24-13-5-1-6-14-24)40-42(50,25-15-7-2-8-16-25)39(49)32(55-40)22-30(53-28)37(35)47/h1-23,53-54,56H/b28-21-,30-22-,33-23-,41-34-. The molecule has 0 aliphatic carbocycles. The van der Waals surface area contributed by atoms with Crippen LogP contribution in [-0.4, -0.2) is 15.7 Å². The number of hydrogen-bond donors (Lipinski definition) is 3. The van der Waals surface area contributed by atoms with Gasteiger partial charge in [0.05, 0.1) is 64.3 Å². The molecule has 1 fully saturated rings. The van der Waals surface area contributed by atoms with E-state index >= 15 is 0 Å². The SMILES string of the molecule is ClC1=C2/C=c3\[nH]/c(c(Cl)c3Cl)=C\c3[nH]c(c(Cl)c3Cl)/C=C3\N/C(=C(/c4ccccc4)C(=N2)C1(Cl)c1ccccc1)C(Cl)(c1ccccc1)C3(Cl)c1ccccc1. The molecule has 4 aromatic carbocycles. The van der Waals surface area contributed by atoms with E-state index in [1.165, 1.54) is 0 Å². The van der Waals surface area contributed by atoms with Crippen LogP contribution in [0.4, 0.5) is 0 Å². The number of aliphatic imine (C=N–C) groups is 1. The van der Waals surface area contributed by atoms with Crippen molar-refractivity contribution in [3.05, 3.63) is 208 Å². The Labute approximate surface area is 362 Å². The van der Waals surface area contributed by atoms with E-state index < -0.39 is 14.6 Å². The zero-order valence-corrected chi connectivity index (χ0v) is 34.8. The van der Waals surface area contributed by atoms with Crippen LogP contribution in [-0.2, 0) is 14.6 Å². The van der Waals surface area contributed by atoms with Gasteiger partial charge in [-0.15, -0.1) is 34.8 Å². The highest BCUT2D eigenvalue weighted by molar-refractivity contribution is 6.55. The van der Waals surface area contributed by atoms with Crippen LogP contribution in [0.2, 0.25) is 20.1 Å². The lowest BCUT2D eigenvalue weighted by Crippen LogP contribution is -2.40. The van der Waals surface area contributed by atoms with Crippen molar-refractivity contribution in [1.29, 1.82) is 0 Å². The van der Waals surface area contributed by atoms with Gasteiger partial charge in [0.2, 0.25) is 0 Å².